The van der Waals surface area contributed by atoms with Crippen LogP contribution in [0.15, 0.2) is 24.8 Å². The van der Waals surface area contributed by atoms with Crippen molar-refractivity contribution in [1.82, 2.24) is 29.8 Å². The highest BCUT2D eigenvalue weighted by atomic mass is 19.1. The van der Waals surface area contributed by atoms with Gasteiger partial charge < -0.3 is 9.80 Å². The Bertz CT molecular complexity index is 879. The third-order valence-corrected chi connectivity index (χ3v) is 4.45. The highest BCUT2D eigenvalue weighted by Gasteiger charge is 2.21. The van der Waals surface area contributed by atoms with Gasteiger partial charge in [-0.1, -0.05) is 6.92 Å². The van der Waals surface area contributed by atoms with Gasteiger partial charge in [0.1, 0.15) is 18.5 Å². The molecule has 4 heterocycles. The fourth-order valence-corrected chi connectivity index (χ4v) is 3.11. The zero-order chi connectivity index (χ0) is 17.2. The second-order valence-corrected chi connectivity index (χ2v) is 5.96. The standard InChI is InChI=1S/C16H19FN8/c1-2-12-15(17)16(19-10-18-12)24-7-3-6-23(8-9-24)14-5-4-13-21-20-11-25(13)22-14/h4-5,10-11H,2-3,6-9H2,1H3. The van der Waals surface area contributed by atoms with E-state index in [1.807, 2.05) is 24.0 Å². The van der Waals surface area contributed by atoms with Crippen molar-refractivity contribution in [3.8, 4) is 0 Å². The maximum atomic E-state index is 14.5. The topological polar surface area (TPSA) is 75.3 Å². The molecule has 1 saturated heterocycles. The second-order valence-electron chi connectivity index (χ2n) is 5.96. The van der Waals surface area contributed by atoms with Crippen molar-refractivity contribution < 1.29 is 4.39 Å². The Morgan fingerprint density at radius 1 is 1.08 bits per heavy atom. The molecule has 8 nitrogen and oxygen atoms in total. The lowest BCUT2D eigenvalue weighted by atomic mass is 10.3. The molecule has 25 heavy (non-hydrogen) atoms. The largest absolute Gasteiger partial charge is 0.353 e. The summed E-state index contributed by atoms with van der Waals surface area (Å²) in [6.45, 7) is 4.92. The zero-order valence-corrected chi connectivity index (χ0v) is 14.0. The molecule has 130 valence electrons. The van der Waals surface area contributed by atoms with E-state index in [-0.39, 0.29) is 5.82 Å². The molecule has 4 rings (SSSR count). The number of hydrogen-bond donors (Lipinski definition) is 0. The molecule has 0 saturated carbocycles. The minimum absolute atomic E-state index is 0.303. The second kappa shape index (κ2) is 6.58. The molecule has 1 aliphatic heterocycles. The maximum absolute atomic E-state index is 14.5. The number of fused-ring (bicyclic) bond motifs is 1. The van der Waals surface area contributed by atoms with E-state index in [9.17, 15) is 4.39 Å². The van der Waals surface area contributed by atoms with E-state index in [0.717, 1.165) is 37.5 Å². The smallest absolute Gasteiger partial charge is 0.187 e. The first-order valence-electron chi connectivity index (χ1n) is 8.42. The van der Waals surface area contributed by atoms with Gasteiger partial charge in [-0.25, -0.2) is 14.4 Å². The molecule has 0 bridgehead atoms. The molecule has 0 radical (unpaired) electrons. The van der Waals surface area contributed by atoms with Gasteiger partial charge in [0.15, 0.2) is 17.3 Å². The first-order chi connectivity index (χ1) is 12.3. The predicted octanol–water partition coefficient (Wildman–Crippen LogP) is 1.33. The Kier molecular flexibility index (Phi) is 4.12. The van der Waals surface area contributed by atoms with Crippen LogP contribution in [0.3, 0.4) is 0 Å². The van der Waals surface area contributed by atoms with E-state index in [4.69, 9.17) is 0 Å². The molecule has 0 unspecified atom stereocenters. The highest BCUT2D eigenvalue weighted by Crippen LogP contribution is 2.21. The van der Waals surface area contributed by atoms with E-state index in [1.165, 1.54) is 6.33 Å². The van der Waals surface area contributed by atoms with Gasteiger partial charge in [-0.2, -0.15) is 4.52 Å². The summed E-state index contributed by atoms with van der Waals surface area (Å²) in [7, 11) is 0. The van der Waals surface area contributed by atoms with Gasteiger partial charge in [-0.15, -0.1) is 15.3 Å². The maximum Gasteiger partial charge on any atom is 0.187 e. The van der Waals surface area contributed by atoms with Crippen molar-refractivity contribution in [1.29, 1.82) is 0 Å². The minimum Gasteiger partial charge on any atom is -0.353 e. The van der Waals surface area contributed by atoms with Crippen molar-refractivity contribution >= 4 is 17.3 Å². The molecule has 9 heteroatoms. The van der Waals surface area contributed by atoms with Crippen molar-refractivity contribution in [2.45, 2.75) is 19.8 Å². The van der Waals surface area contributed by atoms with Gasteiger partial charge in [-0.3, -0.25) is 0 Å². The molecule has 3 aromatic heterocycles. The van der Waals surface area contributed by atoms with E-state index < -0.39 is 0 Å². The van der Waals surface area contributed by atoms with Gasteiger partial charge in [0.2, 0.25) is 0 Å². The van der Waals surface area contributed by atoms with Crippen LogP contribution in [0.25, 0.3) is 5.65 Å². The number of aryl methyl sites for hydroxylation is 1. The van der Waals surface area contributed by atoms with Crippen LogP contribution in [0.5, 0.6) is 0 Å². The number of hydrogen-bond acceptors (Lipinski definition) is 7. The molecule has 0 atom stereocenters. The number of halogens is 1. The van der Waals surface area contributed by atoms with Gasteiger partial charge in [0, 0.05) is 26.2 Å². The molecule has 3 aromatic rings. The summed E-state index contributed by atoms with van der Waals surface area (Å²) >= 11 is 0. The third kappa shape index (κ3) is 2.97. The Morgan fingerprint density at radius 3 is 2.80 bits per heavy atom. The number of anilines is 2. The summed E-state index contributed by atoms with van der Waals surface area (Å²) in [5.41, 5.74) is 1.18. The number of aromatic nitrogens is 6. The first-order valence-corrected chi connectivity index (χ1v) is 8.42. The Hall–Kier alpha value is -2.84. The van der Waals surface area contributed by atoms with E-state index in [1.54, 1.807) is 10.8 Å². The third-order valence-electron chi connectivity index (χ3n) is 4.45. The zero-order valence-electron chi connectivity index (χ0n) is 14.0. The summed E-state index contributed by atoms with van der Waals surface area (Å²) in [5, 5.41) is 12.4. The van der Waals surface area contributed by atoms with Crippen molar-refractivity contribution in [2.24, 2.45) is 0 Å². The Labute approximate surface area is 144 Å². The molecular weight excluding hydrogens is 323 g/mol. The monoisotopic (exact) mass is 342 g/mol. The first kappa shape index (κ1) is 15.7. The van der Waals surface area contributed by atoms with E-state index in [0.29, 0.717) is 24.5 Å². The average Bonchev–Trinajstić information content (AvgIpc) is 2.97. The molecule has 0 aliphatic carbocycles. The van der Waals surface area contributed by atoms with Crippen LogP contribution >= 0.6 is 0 Å². The summed E-state index contributed by atoms with van der Waals surface area (Å²) < 4.78 is 16.2. The highest BCUT2D eigenvalue weighted by molar-refractivity contribution is 5.47. The van der Waals surface area contributed by atoms with E-state index >= 15 is 0 Å². The van der Waals surface area contributed by atoms with Crippen molar-refractivity contribution in [3.05, 3.63) is 36.3 Å². The Morgan fingerprint density at radius 2 is 1.92 bits per heavy atom. The predicted molar refractivity (Wildman–Crippen MR) is 91.2 cm³/mol. The van der Waals surface area contributed by atoms with Crippen molar-refractivity contribution in [2.75, 3.05) is 36.0 Å². The molecule has 0 N–H and O–H groups in total. The fraction of sp³-hybridized carbons (Fsp3) is 0.438. The lowest BCUT2D eigenvalue weighted by Gasteiger charge is -2.23. The van der Waals surface area contributed by atoms with Crippen LogP contribution in [-0.4, -0.2) is 56.0 Å². The lowest BCUT2D eigenvalue weighted by Crippen LogP contribution is -2.32. The quantitative estimate of drug-likeness (QED) is 0.711. The van der Waals surface area contributed by atoms with Crippen LogP contribution in [0.2, 0.25) is 0 Å². The van der Waals surface area contributed by atoms with Gasteiger partial charge >= 0.3 is 0 Å². The van der Waals surface area contributed by atoms with Gasteiger partial charge in [-0.05, 0) is 25.0 Å². The SMILES string of the molecule is CCc1ncnc(N2CCCN(c3ccc4nncn4n3)CC2)c1F. The van der Waals surface area contributed by atoms with E-state index in [2.05, 4.69) is 30.2 Å². The summed E-state index contributed by atoms with van der Waals surface area (Å²) in [6, 6.07) is 3.84. The summed E-state index contributed by atoms with van der Waals surface area (Å²) in [5.74, 6) is 0.963. The molecule has 1 aliphatic rings. The Balaban J connectivity index is 1.54. The van der Waals surface area contributed by atoms with Crippen molar-refractivity contribution in [3.63, 3.8) is 0 Å². The normalized spacial score (nSPS) is 15.6. The molecular formula is C16H19FN8. The molecule has 0 spiro atoms. The van der Waals surface area contributed by atoms with Crippen LogP contribution in [0.4, 0.5) is 16.0 Å². The minimum atomic E-state index is -0.303. The summed E-state index contributed by atoms with van der Waals surface area (Å²) in [6.07, 6.45) is 4.49. The number of nitrogens with zero attached hydrogens (tertiary/aromatic N) is 8. The van der Waals surface area contributed by atoms with Crippen LogP contribution in [0.1, 0.15) is 19.0 Å². The summed E-state index contributed by atoms with van der Waals surface area (Å²) in [4.78, 5) is 12.4. The van der Waals surface area contributed by atoms with Gasteiger partial charge in [0.05, 0.1) is 5.69 Å². The molecule has 0 amide bonds. The lowest BCUT2D eigenvalue weighted by molar-refractivity contribution is 0.584. The molecule has 1 fully saturated rings. The number of rotatable bonds is 3. The van der Waals surface area contributed by atoms with Crippen LogP contribution < -0.4 is 9.80 Å². The van der Waals surface area contributed by atoms with Crippen LogP contribution in [0, 0.1) is 5.82 Å². The fourth-order valence-electron chi connectivity index (χ4n) is 3.11. The average molecular weight is 342 g/mol. The van der Waals surface area contributed by atoms with Crippen LogP contribution in [-0.2, 0) is 6.42 Å². The van der Waals surface area contributed by atoms with Gasteiger partial charge in [0.25, 0.3) is 0 Å². The molecule has 0 aromatic carbocycles.